The van der Waals surface area contributed by atoms with Gasteiger partial charge in [-0.3, -0.25) is 10.2 Å². The number of amides is 3. The zero-order valence-corrected chi connectivity index (χ0v) is 20.5. The number of allylic oxidation sites excluding steroid dienone is 1. The van der Waals surface area contributed by atoms with Crippen molar-refractivity contribution in [2.45, 2.75) is 31.4 Å². The van der Waals surface area contributed by atoms with E-state index < -0.39 is 71.0 Å². The number of nitrogens with one attached hydrogen (secondary N) is 2. The number of rotatable bonds is 5. The number of aryl methyl sites for hydroxylation is 1. The van der Waals surface area contributed by atoms with Crippen LogP contribution in [0.4, 0.5) is 48.7 Å². The Hall–Kier alpha value is -3.49. The van der Waals surface area contributed by atoms with Crippen molar-refractivity contribution in [3.8, 4) is 0 Å². The fourth-order valence-electron chi connectivity index (χ4n) is 3.17. The average molecular weight is 594 g/mol. The number of benzene rings is 2. The molecule has 0 saturated carbocycles. The number of urea groups is 1. The summed E-state index contributed by atoms with van der Waals surface area (Å²) in [7, 11) is 0.739. The average Bonchev–Trinajstić information content (AvgIpc) is 2.80. The van der Waals surface area contributed by atoms with Gasteiger partial charge in [0.05, 0.1) is 11.1 Å². The van der Waals surface area contributed by atoms with Crippen molar-refractivity contribution < 1.29 is 53.5 Å². The molecule has 0 aromatic heterocycles. The Morgan fingerprint density at radius 1 is 1.00 bits per heavy atom. The quantitative estimate of drug-likeness (QED) is 0.285. The standard InChI is InChI=1S/C23H18ClF10N3O2/c1-11-7-12(4-6-17(11)24)15(22(29,30)31)9-18(25)13-3-5-14(16(8-13)23(32,33)34)19(38)36-37(2)20(39)35-10-21(26,27)28/h3-9,15H,10H2,1-2H3,(H,35,39)(H,36,38)/b18-9-. The van der Waals surface area contributed by atoms with E-state index in [4.69, 9.17) is 11.6 Å². The highest BCUT2D eigenvalue weighted by Gasteiger charge is 2.41. The molecular weight excluding hydrogens is 576 g/mol. The van der Waals surface area contributed by atoms with Crippen LogP contribution in [-0.2, 0) is 6.18 Å². The number of hydrogen-bond donors (Lipinski definition) is 2. The number of alkyl halides is 9. The molecular formula is C23H18ClF10N3O2. The molecule has 39 heavy (non-hydrogen) atoms. The fraction of sp³-hybridized carbons (Fsp3) is 0.304. The third kappa shape index (κ3) is 8.76. The van der Waals surface area contributed by atoms with Gasteiger partial charge < -0.3 is 5.32 Å². The van der Waals surface area contributed by atoms with Gasteiger partial charge in [0.2, 0.25) is 0 Å². The Bertz CT molecular complexity index is 1260. The van der Waals surface area contributed by atoms with Gasteiger partial charge in [-0.1, -0.05) is 29.8 Å². The van der Waals surface area contributed by atoms with Crippen molar-refractivity contribution in [2.24, 2.45) is 0 Å². The summed E-state index contributed by atoms with van der Waals surface area (Å²) in [5, 5.41) is 1.65. The third-order valence-corrected chi connectivity index (χ3v) is 5.49. The minimum absolute atomic E-state index is 0.0661. The van der Waals surface area contributed by atoms with E-state index in [1.807, 2.05) is 0 Å². The van der Waals surface area contributed by atoms with Gasteiger partial charge in [-0.2, -0.15) is 39.5 Å². The Morgan fingerprint density at radius 2 is 1.62 bits per heavy atom. The predicted molar refractivity (Wildman–Crippen MR) is 120 cm³/mol. The molecule has 1 atom stereocenters. The molecule has 2 rings (SSSR count). The Kier molecular flexibility index (Phi) is 9.53. The van der Waals surface area contributed by atoms with Crippen molar-refractivity contribution in [1.29, 1.82) is 0 Å². The normalized spacial score (nSPS) is 13.6. The Balaban J connectivity index is 2.42. The Morgan fingerprint density at radius 3 is 2.13 bits per heavy atom. The molecule has 0 aliphatic carbocycles. The first-order chi connectivity index (χ1) is 17.7. The molecule has 1 unspecified atom stereocenters. The number of halogens is 11. The molecule has 0 radical (unpaired) electrons. The molecule has 0 heterocycles. The minimum Gasteiger partial charge on any atom is -0.327 e. The monoisotopic (exact) mass is 593 g/mol. The molecule has 214 valence electrons. The van der Waals surface area contributed by atoms with Crippen LogP contribution in [0.2, 0.25) is 5.02 Å². The van der Waals surface area contributed by atoms with Crippen LogP contribution in [0.25, 0.3) is 5.83 Å². The molecule has 2 aromatic rings. The lowest BCUT2D eigenvalue weighted by Crippen LogP contribution is -2.50. The molecule has 0 aliphatic heterocycles. The van der Waals surface area contributed by atoms with Crippen molar-refractivity contribution in [3.63, 3.8) is 0 Å². The highest BCUT2D eigenvalue weighted by Crippen LogP contribution is 2.40. The summed E-state index contributed by atoms with van der Waals surface area (Å²) in [6.07, 6.45) is -15.1. The maximum Gasteiger partial charge on any atom is 0.417 e. The molecule has 3 amide bonds. The zero-order chi connectivity index (χ0) is 29.9. The van der Waals surface area contributed by atoms with Crippen LogP contribution >= 0.6 is 11.6 Å². The van der Waals surface area contributed by atoms with Crippen LogP contribution in [-0.4, -0.2) is 42.9 Å². The van der Waals surface area contributed by atoms with Crippen molar-refractivity contribution in [3.05, 3.63) is 75.3 Å². The van der Waals surface area contributed by atoms with E-state index >= 15 is 0 Å². The molecule has 0 spiro atoms. The maximum atomic E-state index is 14.9. The van der Waals surface area contributed by atoms with Gasteiger partial charge in [-0.25, -0.2) is 14.2 Å². The molecule has 0 saturated heterocycles. The lowest BCUT2D eigenvalue weighted by atomic mass is 9.94. The highest BCUT2D eigenvalue weighted by molar-refractivity contribution is 6.31. The first kappa shape index (κ1) is 31.7. The summed E-state index contributed by atoms with van der Waals surface area (Å²) < 4.78 is 134. The van der Waals surface area contributed by atoms with Crippen LogP contribution < -0.4 is 10.7 Å². The molecule has 5 nitrogen and oxygen atoms in total. The largest absolute Gasteiger partial charge is 0.417 e. The van der Waals surface area contributed by atoms with Crippen LogP contribution in [0.15, 0.2) is 42.5 Å². The lowest BCUT2D eigenvalue weighted by molar-refractivity contribution is -0.140. The fourth-order valence-corrected chi connectivity index (χ4v) is 3.28. The van der Waals surface area contributed by atoms with Gasteiger partial charge in [0.15, 0.2) is 0 Å². The smallest absolute Gasteiger partial charge is 0.327 e. The summed E-state index contributed by atoms with van der Waals surface area (Å²) in [4.78, 5) is 24.0. The lowest BCUT2D eigenvalue weighted by Gasteiger charge is -2.21. The molecule has 16 heteroatoms. The van der Waals surface area contributed by atoms with Crippen molar-refractivity contribution in [1.82, 2.24) is 15.8 Å². The van der Waals surface area contributed by atoms with Crippen LogP contribution in [0.3, 0.4) is 0 Å². The second-order valence-electron chi connectivity index (χ2n) is 8.07. The molecule has 0 bridgehead atoms. The third-order valence-electron chi connectivity index (χ3n) is 5.07. The molecule has 2 aromatic carbocycles. The summed E-state index contributed by atoms with van der Waals surface area (Å²) in [5.41, 5.74) is -2.48. The van der Waals surface area contributed by atoms with Gasteiger partial charge in [-0.15, -0.1) is 0 Å². The first-order valence-electron chi connectivity index (χ1n) is 10.5. The summed E-state index contributed by atoms with van der Waals surface area (Å²) in [6, 6.07) is 2.78. The second kappa shape index (κ2) is 11.7. The zero-order valence-electron chi connectivity index (χ0n) is 19.7. The number of carbonyl (C=O) groups excluding carboxylic acids is 2. The van der Waals surface area contributed by atoms with E-state index in [9.17, 15) is 53.5 Å². The van der Waals surface area contributed by atoms with Crippen molar-refractivity contribution in [2.75, 3.05) is 13.6 Å². The highest BCUT2D eigenvalue weighted by atomic mass is 35.5. The van der Waals surface area contributed by atoms with Gasteiger partial charge in [0, 0.05) is 17.6 Å². The van der Waals surface area contributed by atoms with E-state index in [1.54, 1.807) is 5.43 Å². The van der Waals surface area contributed by atoms with Crippen LogP contribution in [0.5, 0.6) is 0 Å². The Labute approximate surface area is 219 Å². The second-order valence-corrected chi connectivity index (χ2v) is 8.48. The van der Waals surface area contributed by atoms with Gasteiger partial charge >= 0.3 is 24.6 Å². The van der Waals surface area contributed by atoms with Gasteiger partial charge in [0.25, 0.3) is 5.91 Å². The number of nitrogens with zero attached hydrogens (tertiary/aromatic N) is 1. The minimum atomic E-state index is -5.32. The van der Waals surface area contributed by atoms with E-state index in [0.29, 0.717) is 12.1 Å². The van der Waals surface area contributed by atoms with Crippen LogP contribution in [0, 0.1) is 6.92 Å². The molecule has 2 N–H and O–H groups in total. The van der Waals surface area contributed by atoms with Crippen molar-refractivity contribution >= 4 is 29.4 Å². The molecule has 0 fully saturated rings. The van der Waals surface area contributed by atoms with Gasteiger partial charge in [-0.05, 0) is 42.3 Å². The topological polar surface area (TPSA) is 61.4 Å². The number of hydrogen-bond acceptors (Lipinski definition) is 2. The first-order valence-corrected chi connectivity index (χ1v) is 10.9. The number of carbonyl (C=O) groups is 2. The number of hydrazine groups is 1. The summed E-state index contributed by atoms with van der Waals surface area (Å²) >= 11 is 5.80. The predicted octanol–water partition coefficient (Wildman–Crippen LogP) is 7.17. The van der Waals surface area contributed by atoms with Gasteiger partial charge in [0.1, 0.15) is 18.3 Å². The van der Waals surface area contributed by atoms with E-state index in [1.165, 1.54) is 12.2 Å². The maximum absolute atomic E-state index is 14.9. The summed E-state index contributed by atoms with van der Waals surface area (Å²) in [6.45, 7) is -0.398. The van der Waals surface area contributed by atoms with E-state index in [-0.39, 0.29) is 27.7 Å². The summed E-state index contributed by atoms with van der Waals surface area (Å²) in [5.74, 6) is -5.87. The molecule has 0 aliphatic rings. The van der Waals surface area contributed by atoms with Crippen LogP contribution in [0.1, 0.15) is 38.5 Å². The SMILES string of the molecule is Cc1cc(C(/C=C(\F)c2ccc(C(=O)NN(C)C(=O)NCC(F)(F)F)c(C(F)(F)F)c2)C(F)(F)F)ccc1Cl. The van der Waals surface area contributed by atoms with E-state index in [0.717, 1.165) is 25.2 Å². The van der Waals surface area contributed by atoms with E-state index in [2.05, 4.69) is 0 Å².